The molecule has 0 radical (unpaired) electrons. The molecule has 0 saturated carbocycles. The van der Waals surface area contributed by atoms with E-state index in [0.29, 0.717) is 10.0 Å². The van der Waals surface area contributed by atoms with Gasteiger partial charge in [0, 0.05) is 0 Å². The molecule has 12 heavy (non-hydrogen) atoms. The fourth-order valence-corrected chi connectivity index (χ4v) is 1.28. The predicted molar refractivity (Wildman–Crippen MR) is 48.3 cm³/mol. The lowest BCUT2D eigenvalue weighted by Gasteiger charge is -2.01. The molecule has 1 nitrogen and oxygen atoms in total. The van der Waals surface area contributed by atoms with Gasteiger partial charge in [-0.2, -0.15) is 5.26 Å². The first kappa shape index (κ1) is 9.50. The topological polar surface area (TPSA) is 23.8 Å². The van der Waals surface area contributed by atoms with Crippen molar-refractivity contribution in [3.63, 3.8) is 0 Å². The SMILES string of the molecule is N#C[C@@H](Cl)c1ccc(F)c(Br)c1. The zero-order valence-electron chi connectivity index (χ0n) is 5.89. The molecule has 0 bridgehead atoms. The Bertz CT molecular complexity index is 334. The second kappa shape index (κ2) is 3.88. The lowest BCUT2D eigenvalue weighted by atomic mass is 10.2. The molecule has 0 unspecified atom stereocenters. The summed E-state index contributed by atoms with van der Waals surface area (Å²) in [6, 6.07) is 6.10. The molecule has 0 N–H and O–H groups in total. The molecule has 0 amide bonds. The van der Waals surface area contributed by atoms with Gasteiger partial charge < -0.3 is 0 Å². The van der Waals surface area contributed by atoms with Crippen LogP contribution in [0.4, 0.5) is 4.39 Å². The fraction of sp³-hybridized carbons (Fsp3) is 0.125. The lowest BCUT2D eigenvalue weighted by Crippen LogP contribution is -1.87. The van der Waals surface area contributed by atoms with Crippen molar-refractivity contribution in [1.29, 1.82) is 5.26 Å². The molecule has 4 heteroatoms. The van der Waals surface area contributed by atoms with Crippen molar-refractivity contribution >= 4 is 27.5 Å². The van der Waals surface area contributed by atoms with Gasteiger partial charge in [-0.3, -0.25) is 0 Å². The van der Waals surface area contributed by atoms with Crippen molar-refractivity contribution in [1.82, 2.24) is 0 Å². The van der Waals surface area contributed by atoms with Crippen LogP contribution in [0.5, 0.6) is 0 Å². The van der Waals surface area contributed by atoms with Crippen LogP contribution >= 0.6 is 27.5 Å². The van der Waals surface area contributed by atoms with Crippen molar-refractivity contribution in [2.24, 2.45) is 0 Å². The number of hydrogen-bond acceptors (Lipinski definition) is 1. The van der Waals surface area contributed by atoms with Crippen LogP contribution in [0.1, 0.15) is 10.9 Å². The summed E-state index contributed by atoms with van der Waals surface area (Å²) in [7, 11) is 0. The van der Waals surface area contributed by atoms with Gasteiger partial charge in [-0.15, -0.1) is 11.6 Å². The van der Waals surface area contributed by atoms with E-state index in [1.54, 1.807) is 0 Å². The smallest absolute Gasteiger partial charge is 0.145 e. The Morgan fingerprint density at radius 2 is 2.25 bits per heavy atom. The molecule has 0 saturated heterocycles. The molecule has 0 heterocycles. The molecule has 0 fully saturated rings. The highest BCUT2D eigenvalue weighted by molar-refractivity contribution is 9.10. The zero-order valence-corrected chi connectivity index (χ0v) is 8.23. The molecule has 1 rings (SSSR count). The summed E-state index contributed by atoms with van der Waals surface area (Å²) in [5.74, 6) is -0.361. The Balaban J connectivity index is 3.06. The number of halogens is 3. The zero-order chi connectivity index (χ0) is 9.14. The highest BCUT2D eigenvalue weighted by atomic mass is 79.9. The highest BCUT2D eigenvalue weighted by Crippen LogP contribution is 2.24. The molecule has 0 spiro atoms. The summed E-state index contributed by atoms with van der Waals surface area (Å²) in [4.78, 5) is 0. The molecule has 0 aliphatic heterocycles. The van der Waals surface area contributed by atoms with Crippen molar-refractivity contribution in [2.45, 2.75) is 5.38 Å². The first-order valence-corrected chi connectivity index (χ1v) is 4.36. The maximum atomic E-state index is 12.7. The van der Waals surface area contributed by atoms with Crippen LogP contribution in [0, 0.1) is 17.1 Å². The third-order valence-corrected chi connectivity index (χ3v) is 2.31. The van der Waals surface area contributed by atoms with E-state index in [-0.39, 0.29) is 5.82 Å². The molecule has 1 aromatic rings. The Hall–Kier alpha value is -0.590. The van der Waals surface area contributed by atoms with Crippen LogP contribution < -0.4 is 0 Å². The minimum Gasteiger partial charge on any atom is -0.206 e. The van der Waals surface area contributed by atoms with E-state index in [1.165, 1.54) is 18.2 Å². The molecule has 62 valence electrons. The Morgan fingerprint density at radius 3 is 2.75 bits per heavy atom. The Labute approximate surface area is 82.9 Å². The maximum absolute atomic E-state index is 12.7. The number of nitriles is 1. The Kier molecular flexibility index (Phi) is 3.07. The molecule has 0 aliphatic carbocycles. The molecule has 0 aliphatic rings. The molecular weight excluding hydrogens is 244 g/mol. The van der Waals surface area contributed by atoms with Gasteiger partial charge in [0.2, 0.25) is 0 Å². The summed E-state index contributed by atoms with van der Waals surface area (Å²) >= 11 is 8.61. The van der Waals surface area contributed by atoms with E-state index in [2.05, 4.69) is 15.9 Å². The van der Waals surface area contributed by atoms with E-state index in [4.69, 9.17) is 16.9 Å². The predicted octanol–water partition coefficient (Wildman–Crippen LogP) is 3.39. The van der Waals surface area contributed by atoms with Gasteiger partial charge in [-0.05, 0) is 33.6 Å². The van der Waals surface area contributed by atoms with Crippen LogP contribution in [0.15, 0.2) is 22.7 Å². The summed E-state index contributed by atoms with van der Waals surface area (Å²) in [5.41, 5.74) is 0.590. The van der Waals surface area contributed by atoms with E-state index >= 15 is 0 Å². The van der Waals surface area contributed by atoms with Crippen LogP contribution in [-0.4, -0.2) is 0 Å². The number of hydrogen-bond donors (Lipinski definition) is 0. The number of rotatable bonds is 1. The van der Waals surface area contributed by atoms with Crippen molar-refractivity contribution in [3.05, 3.63) is 34.1 Å². The average molecular weight is 248 g/mol. The average Bonchev–Trinajstić information content (AvgIpc) is 2.08. The lowest BCUT2D eigenvalue weighted by molar-refractivity contribution is 0.620. The monoisotopic (exact) mass is 247 g/mol. The summed E-state index contributed by atoms with van der Waals surface area (Å²) in [5, 5.41) is 7.74. The first-order valence-electron chi connectivity index (χ1n) is 3.14. The fourth-order valence-electron chi connectivity index (χ4n) is 0.745. The normalized spacial score (nSPS) is 12.2. The quantitative estimate of drug-likeness (QED) is 0.699. The summed E-state index contributed by atoms with van der Waals surface area (Å²) in [6.07, 6.45) is 0. The molecule has 1 aromatic carbocycles. The van der Waals surface area contributed by atoms with Crippen LogP contribution in [-0.2, 0) is 0 Å². The van der Waals surface area contributed by atoms with Crippen LogP contribution in [0.3, 0.4) is 0 Å². The summed E-state index contributed by atoms with van der Waals surface area (Å²) in [6.45, 7) is 0. The largest absolute Gasteiger partial charge is 0.206 e. The van der Waals surface area contributed by atoms with Gasteiger partial charge in [0.1, 0.15) is 11.2 Å². The van der Waals surface area contributed by atoms with Crippen molar-refractivity contribution in [3.8, 4) is 6.07 Å². The number of benzene rings is 1. The van der Waals surface area contributed by atoms with Gasteiger partial charge in [0.25, 0.3) is 0 Å². The van der Waals surface area contributed by atoms with E-state index in [9.17, 15) is 4.39 Å². The van der Waals surface area contributed by atoms with Crippen molar-refractivity contribution in [2.75, 3.05) is 0 Å². The first-order chi connectivity index (χ1) is 5.65. The summed E-state index contributed by atoms with van der Waals surface area (Å²) < 4.78 is 13.0. The van der Waals surface area contributed by atoms with Gasteiger partial charge in [0.05, 0.1) is 10.5 Å². The van der Waals surface area contributed by atoms with Crippen LogP contribution in [0.25, 0.3) is 0 Å². The second-order valence-corrected chi connectivity index (χ2v) is 3.46. The number of nitrogens with zero attached hydrogens (tertiary/aromatic N) is 1. The second-order valence-electron chi connectivity index (χ2n) is 2.17. The van der Waals surface area contributed by atoms with Crippen molar-refractivity contribution < 1.29 is 4.39 Å². The maximum Gasteiger partial charge on any atom is 0.145 e. The van der Waals surface area contributed by atoms with E-state index in [0.717, 1.165) is 0 Å². The molecular formula is C8H4BrClFN. The van der Waals surface area contributed by atoms with Crippen LogP contribution in [0.2, 0.25) is 0 Å². The molecule has 1 atom stereocenters. The molecule has 0 aromatic heterocycles. The third-order valence-electron chi connectivity index (χ3n) is 1.35. The minimum atomic E-state index is -0.720. The van der Waals surface area contributed by atoms with E-state index < -0.39 is 5.38 Å². The Morgan fingerprint density at radius 1 is 1.58 bits per heavy atom. The van der Waals surface area contributed by atoms with Gasteiger partial charge in [0.15, 0.2) is 0 Å². The van der Waals surface area contributed by atoms with E-state index in [1.807, 2.05) is 6.07 Å². The van der Waals surface area contributed by atoms with Gasteiger partial charge >= 0.3 is 0 Å². The third kappa shape index (κ3) is 1.96. The highest BCUT2D eigenvalue weighted by Gasteiger charge is 2.07. The minimum absolute atomic E-state index is 0.320. The standard InChI is InChI=1S/C8H4BrClFN/c9-6-3-5(7(10)4-12)1-2-8(6)11/h1-3,7H/t7-/m1/s1. The van der Waals surface area contributed by atoms with Gasteiger partial charge in [-0.25, -0.2) is 4.39 Å². The van der Waals surface area contributed by atoms with Gasteiger partial charge in [-0.1, -0.05) is 6.07 Å². The number of alkyl halides is 1.